The number of rotatable bonds is 4. The molecule has 2 rings (SSSR count). The van der Waals surface area contributed by atoms with E-state index >= 15 is 0 Å². The summed E-state index contributed by atoms with van der Waals surface area (Å²) in [5, 5.41) is 0. The summed E-state index contributed by atoms with van der Waals surface area (Å²) in [7, 11) is 4.25. The Balaban J connectivity index is 2.22. The van der Waals surface area contributed by atoms with Crippen LogP contribution >= 0.6 is 0 Å². The molecule has 0 radical (unpaired) electrons. The fourth-order valence-electron chi connectivity index (χ4n) is 2.97. The van der Waals surface area contributed by atoms with Gasteiger partial charge in [0.05, 0.1) is 0 Å². The standard InChI is InChI=1S/C16H26FN3/c1-12(18)9-13-10-14(17)6-7-16(13)20-8-4-5-15(11-20)19(2)3/h6-7,10,12,15H,4-5,8-9,11,18H2,1-3H3. The van der Waals surface area contributed by atoms with Crippen molar-refractivity contribution in [1.82, 2.24) is 4.90 Å². The first-order chi connectivity index (χ1) is 9.47. The second kappa shape index (κ2) is 6.55. The lowest BCUT2D eigenvalue weighted by atomic mass is 10.00. The quantitative estimate of drug-likeness (QED) is 0.917. The molecule has 1 aromatic rings. The van der Waals surface area contributed by atoms with E-state index in [1.807, 2.05) is 13.0 Å². The van der Waals surface area contributed by atoms with E-state index in [2.05, 4.69) is 23.9 Å². The predicted molar refractivity (Wildman–Crippen MR) is 82.7 cm³/mol. The van der Waals surface area contributed by atoms with Gasteiger partial charge in [0.1, 0.15) is 5.82 Å². The molecule has 2 N–H and O–H groups in total. The van der Waals surface area contributed by atoms with Crippen LogP contribution in [-0.2, 0) is 6.42 Å². The van der Waals surface area contributed by atoms with Crippen LogP contribution in [0.2, 0.25) is 0 Å². The number of halogens is 1. The molecule has 0 bridgehead atoms. The van der Waals surface area contributed by atoms with E-state index in [0.717, 1.165) is 30.8 Å². The zero-order valence-electron chi connectivity index (χ0n) is 12.8. The van der Waals surface area contributed by atoms with Crippen LogP contribution in [-0.4, -0.2) is 44.2 Å². The molecule has 0 aliphatic carbocycles. The molecule has 1 saturated heterocycles. The van der Waals surface area contributed by atoms with Gasteiger partial charge in [0.2, 0.25) is 0 Å². The van der Waals surface area contributed by atoms with Crippen molar-refractivity contribution in [2.45, 2.75) is 38.3 Å². The highest BCUT2D eigenvalue weighted by Crippen LogP contribution is 2.27. The van der Waals surface area contributed by atoms with Crippen molar-refractivity contribution in [3.8, 4) is 0 Å². The highest BCUT2D eigenvalue weighted by atomic mass is 19.1. The van der Waals surface area contributed by atoms with Gasteiger partial charge in [-0.25, -0.2) is 4.39 Å². The Labute approximate surface area is 121 Å². The van der Waals surface area contributed by atoms with Gasteiger partial charge in [-0.2, -0.15) is 0 Å². The number of piperidine rings is 1. The smallest absolute Gasteiger partial charge is 0.123 e. The molecule has 2 atom stereocenters. The third-order valence-corrected chi connectivity index (χ3v) is 4.05. The van der Waals surface area contributed by atoms with Crippen LogP contribution < -0.4 is 10.6 Å². The van der Waals surface area contributed by atoms with Crippen molar-refractivity contribution in [1.29, 1.82) is 0 Å². The molecular weight excluding hydrogens is 253 g/mol. The van der Waals surface area contributed by atoms with E-state index in [0.29, 0.717) is 6.04 Å². The van der Waals surface area contributed by atoms with Crippen LogP contribution in [0.5, 0.6) is 0 Å². The molecule has 0 aromatic heterocycles. The second-order valence-electron chi connectivity index (χ2n) is 6.16. The first-order valence-corrected chi connectivity index (χ1v) is 7.42. The van der Waals surface area contributed by atoms with Crippen LogP contribution in [0, 0.1) is 5.82 Å². The Hall–Kier alpha value is -1.13. The zero-order valence-corrected chi connectivity index (χ0v) is 12.8. The van der Waals surface area contributed by atoms with Crippen LogP contribution in [0.1, 0.15) is 25.3 Å². The van der Waals surface area contributed by atoms with E-state index in [-0.39, 0.29) is 11.9 Å². The van der Waals surface area contributed by atoms with Crippen LogP contribution in [0.25, 0.3) is 0 Å². The molecule has 1 heterocycles. The first-order valence-electron chi connectivity index (χ1n) is 7.42. The van der Waals surface area contributed by atoms with Crippen molar-refractivity contribution < 1.29 is 4.39 Å². The fraction of sp³-hybridized carbons (Fsp3) is 0.625. The molecule has 2 unspecified atom stereocenters. The van der Waals surface area contributed by atoms with Crippen molar-refractivity contribution in [2.75, 3.05) is 32.1 Å². The predicted octanol–water partition coefficient (Wildman–Crippen LogP) is 2.25. The maximum absolute atomic E-state index is 13.5. The van der Waals surface area contributed by atoms with Crippen molar-refractivity contribution in [2.24, 2.45) is 5.73 Å². The van der Waals surface area contributed by atoms with E-state index in [1.54, 1.807) is 12.1 Å². The monoisotopic (exact) mass is 279 g/mol. The van der Waals surface area contributed by atoms with E-state index < -0.39 is 0 Å². The molecule has 3 nitrogen and oxygen atoms in total. The summed E-state index contributed by atoms with van der Waals surface area (Å²) in [6.45, 7) is 4.01. The first kappa shape index (κ1) is 15.3. The van der Waals surface area contributed by atoms with Crippen molar-refractivity contribution in [3.05, 3.63) is 29.6 Å². The Morgan fingerprint density at radius 2 is 2.20 bits per heavy atom. The Morgan fingerprint density at radius 3 is 2.85 bits per heavy atom. The summed E-state index contributed by atoms with van der Waals surface area (Å²) in [5.74, 6) is -0.175. The van der Waals surface area contributed by atoms with Gasteiger partial charge in [-0.05, 0) is 64.0 Å². The van der Waals surface area contributed by atoms with Crippen LogP contribution in [0.4, 0.5) is 10.1 Å². The van der Waals surface area contributed by atoms with Gasteiger partial charge in [-0.3, -0.25) is 0 Å². The lowest BCUT2D eigenvalue weighted by Crippen LogP contribution is -2.45. The SMILES string of the molecule is CC(N)Cc1cc(F)ccc1N1CCCC(N(C)C)C1. The lowest BCUT2D eigenvalue weighted by Gasteiger charge is -2.38. The molecule has 0 spiro atoms. The van der Waals surface area contributed by atoms with Gasteiger partial charge >= 0.3 is 0 Å². The van der Waals surface area contributed by atoms with E-state index in [9.17, 15) is 4.39 Å². The average Bonchev–Trinajstić information content (AvgIpc) is 2.38. The van der Waals surface area contributed by atoms with Gasteiger partial charge in [-0.15, -0.1) is 0 Å². The molecule has 1 aromatic carbocycles. The molecular formula is C16H26FN3. The van der Waals surface area contributed by atoms with Gasteiger partial charge < -0.3 is 15.5 Å². The Morgan fingerprint density at radius 1 is 1.45 bits per heavy atom. The number of nitrogens with two attached hydrogens (primary N) is 1. The number of hydrogen-bond donors (Lipinski definition) is 1. The Bertz CT molecular complexity index is 445. The normalized spacial score (nSPS) is 21.3. The molecule has 0 saturated carbocycles. The molecule has 0 amide bonds. The fourth-order valence-corrected chi connectivity index (χ4v) is 2.97. The molecule has 20 heavy (non-hydrogen) atoms. The molecule has 112 valence electrons. The van der Waals surface area contributed by atoms with Gasteiger partial charge in [0, 0.05) is 30.9 Å². The molecule has 1 aliphatic rings. The molecule has 1 aliphatic heterocycles. The highest BCUT2D eigenvalue weighted by Gasteiger charge is 2.23. The molecule has 4 heteroatoms. The van der Waals surface area contributed by atoms with Crippen molar-refractivity contribution in [3.63, 3.8) is 0 Å². The summed E-state index contributed by atoms with van der Waals surface area (Å²) < 4.78 is 13.5. The summed E-state index contributed by atoms with van der Waals surface area (Å²) in [5.41, 5.74) is 8.07. The Kier molecular flexibility index (Phi) is 5.00. The zero-order chi connectivity index (χ0) is 14.7. The summed E-state index contributed by atoms with van der Waals surface area (Å²) in [4.78, 5) is 4.66. The topological polar surface area (TPSA) is 32.5 Å². The maximum atomic E-state index is 13.5. The third-order valence-electron chi connectivity index (χ3n) is 4.05. The minimum atomic E-state index is -0.175. The second-order valence-corrected chi connectivity index (χ2v) is 6.16. The van der Waals surface area contributed by atoms with E-state index in [4.69, 9.17) is 5.73 Å². The largest absolute Gasteiger partial charge is 0.370 e. The number of likely N-dealkylation sites (N-methyl/N-ethyl adjacent to an activating group) is 1. The summed E-state index contributed by atoms with van der Waals surface area (Å²) in [6.07, 6.45) is 3.13. The number of nitrogens with zero attached hydrogens (tertiary/aromatic N) is 2. The number of hydrogen-bond acceptors (Lipinski definition) is 3. The maximum Gasteiger partial charge on any atom is 0.123 e. The molecule has 1 fully saturated rings. The van der Waals surface area contributed by atoms with Crippen molar-refractivity contribution >= 4 is 5.69 Å². The summed E-state index contributed by atoms with van der Waals surface area (Å²) in [6, 6.07) is 5.71. The average molecular weight is 279 g/mol. The summed E-state index contributed by atoms with van der Waals surface area (Å²) >= 11 is 0. The number of anilines is 1. The van der Waals surface area contributed by atoms with E-state index in [1.165, 1.54) is 12.8 Å². The minimum absolute atomic E-state index is 0.0463. The minimum Gasteiger partial charge on any atom is -0.370 e. The number of benzene rings is 1. The van der Waals surface area contributed by atoms with Crippen LogP contribution in [0.3, 0.4) is 0 Å². The third kappa shape index (κ3) is 3.70. The highest BCUT2D eigenvalue weighted by molar-refractivity contribution is 5.54. The van der Waals surface area contributed by atoms with Gasteiger partial charge in [0.15, 0.2) is 0 Å². The lowest BCUT2D eigenvalue weighted by molar-refractivity contribution is 0.258. The van der Waals surface area contributed by atoms with Gasteiger partial charge in [0.25, 0.3) is 0 Å². The van der Waals surface area contributed by atoms with Crippen LogP contribution in [0.15, 0.2) is 18.2 Å². The van der Waals surface area contributed by atoms with Gasteiger partial charge in [-0.1, -0.05) is 0 Å².